The highest BCUT2D eigenvalue weighted by atomic mass is 16.5. The average molecular weight is 346 g/mol. The summed E-state index contributed by atoms with van der Waals surface area (Å²) >= 11 is 0. The van der Waals surface area contributed by atoms with Crippen molar-refractivity contribution in [1.82, 2.24) is 0 Å². The summed E-state index contributed by atoms with van der Waals surface area (Å²) in [5, 5.41) is 4.94. The maximum Gasteiger partial charge on any atom is 0.265 e. The topological polar surface area (TPSA) is 58.6 Å². The highest BCUT2D eigenvalue weighted by Gasteiger charge is 2.27. The van der Waals surface area contributed by atoms with E-state index < -0.39 is 0 Å². The molecule has 0 radical (unpaired) electrons. The Morgan fingerprint density at radius 1 is 1.12 bits per heavy atom. The number of anilines is 2. The number of carbonyl (C=O) groups excluding carboxylic acids is 2. The summed E-state index contributed by atoms with van der Waals surface area (Å²) in [6.07, 6.45) is 0. The molecule has 130 valence electrons. The van der Waals surface area contributed by atoms with E-state index >= 15 is 0 Å². The standard InChI is InChI=1S/C21H18N2O3/c1-14-9-10-19-18(11-14)23(21(25)13-26-19)12-20(24)22-17-8-4-6-15-5-2-3-7-16(15)17/h2-11H,12-13H2,1H3,(H,22,24). The molecule has 0 saturated heterocycles. The third-order valence-electron chi connectivity index (χ3n) is 4.42. The molecule has 1 aliphatic rings. The molecule has 5 nitrogen and oxygen atoms in total. The Bertz CT molecular complexity index is 1010. The van der Waals surface area contributed by atoms with E-state index in [1.54, 1.807) is 0 Å². The Morgan fingerprint density at radius 3 is 2.81 bits per heavy atom. The van der Waals surface area contributed by atoms with Crippen LogP contribution < -0.4 is 15.0 Å². The molecular formula is C21H18N2O3. The van der Waals surface area contributed by atoms with Gasteiger partial charge in [-0.1, -0.05) is 42.5 Å². The maximum atomic E-state index is 12.6. The molecule has 1 heterocycles. The van der Waals surface area contributed by atoms with E-state index in [4.69, 9.17) is 4.74 Å². The third-order valence-corrected chi connectivity index (χ3v) is 4.42. The van der Waals surface area contributed by atoms with Gasteiger partial charge in [-0.05, 0) is 36.1 Å². The number of nitrogens with zero attached hydrogens (tertiary/aromatic N) is 1. The van der Waals surface area contributed by atoms with Crippen molar-refractivity contribution in [3.8, 4) is 5.75 Å². The first-order valence-electron chi connectivity index (χ1n) is 8.43. The van der Waals surface area contributed by atoms with Gasteiger partial charge in [-0.15, -0.1) is 0 Å². The van der Waals surface area contributed by atoms with Crippen LogP contribution in [0.1, 0.15) is 5.56 Å². The zero-order valence-electron chi connectivity index (χ0n) is 14.4. The Kier molecular flexibility index (Phi) is 4.05. The zero-order valence-corrected chi connectivity index (χ0v) is 14.4. The first-order valence-corrected chi connectivity index (χ1v) is 8.43. The quantitative estimate of drug-likeness (QED) is 0.789. The van der Waals surface area contributed by atoms with Gasteiger partial charge in [0.2, 0.25) is 5.91 Å². The molecule has 2 amide bonds. The van der Waals surface area contributed by atoms with E-state index in [1.807, 2.05) is 67.6 Å². The van der Waals surface area contributed by atoms with Gasteiger partial charge in [0.15, 0.2) is 6.61 Å². The molecule has 0 saturated carbocycles. The van der Waals surface area contributed by atoms with Crippen LogP contribution >= 0.6 is 0 Å². The number of amides is 2. The van der Waals surface area contributed by atoms with Crippen molar-refractivity contribution in [2.45, 2.75) is 6.92 Å². The van der Waals surface area contributed by atoms with Crippen LogP contribution in [0, 0.1) is 6.92 Å². The van der Waals surface area contributed by atoms with Crippen LogP contribution in [-0.2, 0) is 9.59 Å². The Labute approximate surface area is 151 Å². The lowest BCUT2D eigenvalue weighted by Crippen LogP contribution is -2.43. The Hall–Kier alpha value is -3.34. The third kappa shape index (κ3) is 2.99. The molecule has 0 aromatic heterocycles. The normalized spacial score (nSPS) is 13.3. The summed E-state index contributed by atoms with van der Waals surface area (Å²) in [4.78, 5) is 26.4. The summed E-state index contributed by atoms with van der Waals surface area (Å²) in [6, 6.07) is 19.2. The first kappa shape index (κ1) is 16.1. The van der Waals surface area contributed by atoms with E-state index in [-0.39, 0.29) is 25.0 Å². The number of hydrogen-bond donors (Lipinski definition) is 1. The minimum Gasteiger partial charge on any atom is -0.482 e. The SMILES string of the molecule is Cc1ccc2c(c1)N(CC(=O)Nc1cccc3ccccc13)C(=O)CO2. The fourth-order valence-corrected chi connectivity index (χ4v) is 3.15. The van der Waals surface area contributed by atoms with Crippen LogP contribution in [0.3, 0.4) is 0 Å². The van der Waals surface area contributed by atoms with Gasteiger partial charge in [-0.3, -0.25) is 14.5 Å². The second kappa shape index (κ2) is 6.52. The van der Waals surface area contributed by atoms with Crippen LogP contribution in [0.4, 0.5) is 11.4 Å². The van der Waals surface area contributed by atoms with Gasteiger partial charge in [0.1, 0.15) is 12.3 Å². The summed E-state index contributed by atoms with van der Waals surface area (Å²) in [5.41, 5.74) is 2.37. The number of aryl methyl sites for hydroxylation is 1. The fraction of sp³-hybridized carbons (Fsp3) is 0.143. The van der Waals surface area contributed by atoms with Gasteiger partial charge in [0.05, 0.1) is 5.69 Å². The average Bonchev–Trinajstić information content (AvgIpc) is 2.64. The van der Waals surface area contributed by atoms with Gasteiger partial charge in [-0.25, -0.2) is 0 Å². The van der Waals surface area contributed by atoms with Crippen molar-refractivity contribution in [2.24, 2.45) is 0 Å². The molecule has 0 fully saturated rings. The minimum atomic E-state index is -0.246. The van der Waals surface area contributed by atoms with Crippen molar-refractivity contribution in [3.63, 3.8) is 0 Å². The molecule has 26 heavy (non-hydrogen) atoms. The van der Waals surface area contributed by atoms with Crippen molar-refractivity contribution in [3.05, 3.63) is 66.2 Å². The molecule has 3 aromatic carbocycles. The number of rotatable bonds is 3. The van der Waals surface area contributed by atoms with Crippen LogP contribution in [-0.4, -0.2) is 25.0 Å². The lowest BCUT2D eigenvalue weighted by Gasteiger charge is -2.29. The van der Waals surface area contributed by atoms with Gasteiger partial charge in [-0.2, -0.15) is 0 Å². The summed E-state index contributed by atoms with van der Waals surface area (Å²) in [7, 11) is 0. The molecule has 1 N–H and O–H groups in total. The van der Waals surface area contributed by atoms with E-state index in [0.717, 1.165) is 22.0 Å². The van der Waals surface area contributed by atoms with Gasteiger partial charge >= 0.3 is 0 Å². The summed E-state index contributed by atoms with van der Waals surface area (Å²) in [6.45, 7) is 1.83. The lowest BCUT2D eigenvalue weighted by molar-refractivity contribution is -0.123. The van der Waals surface area contributed by atoms with Crippen LogP contribution in [0.5, 0.6) is 5.75 Å². The van der Waals surface area contributed by atoms with Gasteiger partial charge < -0.3 is 10.1 Å². The number of benzene rings is 3. The highest BCUT2D eigenvalue weighted by molar-refractivity contribution is 6.07. The molecular weight excluding hydrogens is 328 g/mol. The maximum absolute atomic E-state index is 12.6. The molecule has 0 spiro atoms. The van der Waals surface area contributed by atoms with E-state index in [2.05, 4.69) is 5.32 Å². The first-order chi connectivity index (χ1) is 12.6. The predicted octanol–water partition coefficient (Wildman–Crippen LogP) is 3.51. The molecule has 0 aliphatic carbocycles. The van der Waals surface area contributed by atoms with Crippen LogP contribution in [0.25, 0.3) is 10.8 Å². The Morgan fingerprint density at radius 2 is 1.92 bits per heavy atom. The molecule has 4 rings (SSSR count). The molecule has 0 unspecified atom stereocenters. The van der Waals surface area contributed by atoms with Crippen molar-refractivity contribution in [1.29, 1.82) is 0 Å². The molecule has 1 aliphatic heterocycles. The number of nitrogens with one attached hydrogen (secondary N) is 1. The minimum absolute atomic E-state index is 0.0537. The predicted molar refractivity (Wildman–Crippen MR) is 102 cm³/mol. The van der Waals surface area contributed by atoms with Crippen LogP contribution in [0.15, 0.2) is 60.7 Å². The van der Waals surface area contributed by atoms with E-state index in [0.29, 0.717) is 11.4 Å². The van der Waals surface area contributed by atoms with Crippen molar-refractivity contribution in [2.75, 3.05) is 23.4 Å². The number of ether oxygens (including phenoxy) is 1. The highest BCUT2D eigenvalue weighted by Crippen LogP contribution is 2.32. The fourth-order valence-electron chi connectivity index (χ4n) is 3.15. The number of hydrogen-bond acceptors (Lipinski definition) is 3. The van der Waals surface area contributed by atoms with Gasteiger partial charge in [0.25, 0.3) is 5.91 Å². The lowest BCUT2D eigenvalue weighted by atomic mass is 10.1. The zero-order chi connectivity index (χ0) is 18.1. The largest absolute Gasteiger partial charge is 0.482 e. The van der Waals surface area contributed by atoms with Crippen molar-refractivity contribution < 1.29 is 14.3 Å². The van der Waals surface area contributed by atoms with Gasteiger partial charge in [0, 0.05) is 11.1 Å². The number of carbonyl (C=O) groups is 2. The second-order valence-corrected chi connectivity index (χ2v) is 6.31. The van der Waals surface area contributed by atoms with E-state index in [1.165, 1.54) is 4.90 Å². The van der Waals surface area contributed by atoms with Crippen LogP contribution in [0.2, 0.25) is 0 Å². The molecule has 3 aromatic rings. The Balaban J connectivity index is 1.59. The van der Waals surface area contributed by atoms with E-state index in [9.17, 15) is 9.59 Å². The molecule has 0 atom stereocenters. The van der Waals surface area contributed by atoms with Crippen molar-refractivity contribution >= 4 is 34.0 Å². The number of fused-ring (bicyclic) bond motifs is 2. The molecule has 0 bridgehead atoms. The summed E-state index contributed by atoms with van der Waals surface area (Å²) in [5.74, 6) is 0.147. The monoisotopic (exact) mass is 346 g/mol. The smallest absolute Gasteiger partial charge is 0.265 e. The summed E-state index contributed by atoms with van der Waals surface area (Å²) < 4.78 is 5.46. The molecule has 5 heteroatoms. The second-order valence-electron chi connectivity index (χ2n) is 6.31.